The number of aromatic nitrogens is 1. The van der Waals surface area contributed by atoms with Gasteiger partial charge in [0.2, 0.25) is 0 Å². The Morgan fingerprint density at radius 1 is 1.10 bits per heavy atom. The summed E-state index contributed by atoms with van der Waals surface area (Å²) in [7, 11) is -2.11. The summed E-state index contributed by atoms with van der Waals surface area (Å²) < 4.78 is 30.7. The molecule has 3 aromatic rings. The van der Waals surface area contributed by atoms with Gasteiger partial charge < -0.3 is 9.30 Å². The number of hydrogen-bond donors (Lipinski definition) is 0. The summed E-state index contributed by atoms with van der Waals surface area (Å²) in [6, 6.07) is 12.4. The molecule has 0 radical (unpaired) electrons. The van der Waals surface area contributed by atoms with Crippen molar-refractivity contribution < 1.29 is 22.7 Å². The fraction of sp³-hybridized carbons (Fsp3) is 0.286. The number of fused-ring (bicyclic) bond motifs is 1. The number of esters is 1. The molecule has 0 bridgehead atoms. The fourth-order valence-corrected chi connectivity index (χ4v) is 4.74. The van der Waals surface area contributed by atoms with E-state index in [9.17, 15) is 18.0 Å². The van der Waals surface area contributed by atoms with E-state index in [1.807, 2.05) is 24.3 Å². The van der Waals surface area contributed by atoms with E-state index in [2.05, 4.69) is 11.9 Å². The van der Waals surface area contributed by atoms with Crippen molar-refractivity contribution >= 4 is 43.3 Å². The van der Waals surface area contributed by atoms with Gasteiger partial charge in [0, 0.05) is 6.26 Å². The van der Waals surface area contributed by atoms with Crippen LogP contribution in [0.4, 0.5) is 0 Å². The van der Waals surface area contributed by atoms with E-state index in [0.29, 0.717) is 15.0 Å². The molecule has 0 N–H and O–H groups in total. The van der Waals surface area contributed by atoms with Gasteiger partial charge in [-0.2, -0.15) is 4.99 Å². The molecule has 0 saturated carbocycles. The lowest BCUT2D eigenvalue weighted by Crippen LogP contribution is -2.22. The number of methoxy groups -OCH3 is 1. The lowest BCUT2D eigenvalue weighted by Gasteiger charge is -2.04. The van der Waals surface area contributed by atoms with Crippen LogP contribution in [0.15, 0.2) is 52.4 Å². The molecular weight excluding hydrogens is 424 g/mol. The van der Waals surface area contributed by atoms with E-state index in [4.69, 9.17) is 4.74 Å². The van der Waals surface area contributed by atoms with Gasteiger partial charge in [-0.05, 0) is 35.7 Å². The number of thiazole rings is 1. The van der Waals surface area contributed by atoms with Crippen molar-refractivity contribution in [3.8, 4) is 0 Å². The number of carbonyl (C=O) groups excluding carboxylic acids is 2. The smallest absolute Gasteiger partial charge is 0.325 e. The number of rotatable bonds is 6. The Labute approximate surface area is 178 Å². The van der Waals surface area contributed by atoms with Gasteiger partial charge in [-0.15, -0.1) is 0 Å². The van der Waals surface area contributed by atoms with Crippen molar-refractivity contribution in [2.75, 3.05) is 13.4 Å². The third-order valence-electron chi connectivity index (χ3n) is 4.60. The second-order valence-corrected chi connectivity index (χ2v) is 9.83. The van der Waals surface area contributed by atoms with Gasteiger partial charge in [-0.1, -0.05) is 42.5 Å². The summed E-state index contributed by atoms with van der Waals surface area (Å²) in [6.07, 6.45) is 2.18. The SMILES string of the molecule is CCc1ccc(CC(=O)N=c2sc3cc(S(C)(=O)=O)ccc3n2CC(=O)OC)cc1. The van der Waals surface area contributed by atoms with Gasteiger partial charge in [-0.3, -0.25) is 9.59 Å². The standard InChI is InChI=1S/C21H22N2O5S2/c1-4-14-5-7-15(8-6-14)11-19(24)22-21-23(13-20(25)28-2)17-10-9-16(30(3,26)27)12-18(17)29-21/h5-10,12H,4,11,13H2,1-3H3. The zero-order valence-electron chi connectivity index (χ0n) is 16.9. The number of benzene rings is 2. The first kappa shape index (κ1) is 21.9. The molecular formula is C21H22N2O5S2. The maximum Gasteiger partial charge on any atom is 0.325 e. The fourth-order valence-electron chi connectivity index (χ4n) is 2.93. The Hall–Kier alpha value is -2.78. The molecule has 0 fully saturated rings. The van der Waals surface area contributed by atoms with Crippen LogP contribution >= 0.6 is 11.3 Å². The van der Waals surface area contributed by atoms with Gasteiger partial charge in [0.15, 0.2) is 14.6 Å². The summed E-state index contributed by atoms with van der Waals surface area (Å²) in [6.45, 7) is 1.93. The van der Waals surface area contributed by atoms with Crippen LogP contribution in [-0.2, 0) is 43.5 Å². The Bertz CT molecular complexity index is 1270. The number of amides is 1. The minimum absolute atomic E-state index is 0.130. The highest BCUT2D eigenvalue weighted by Crippen LogP contribution is 2.22. The maximum absolute atomic E-state index is 12.6. The summed E-state index contributed by atoms with van der Waals surface area (Å²) in [5.41, 5.74) is 2.64. The zero-order valence-corrected chi connectivity index (χ0v) is 18.5. The average Bonchev–Trinajstić information content (AvgIpc) is 3.03. The summed E-state index contributed by atoms with van der Waals surface area (Å²) in [4.78, 5) is 29.1. The molecule has 158 valence electrons. The van der Waals surface area contributed by atoms with Crippen molar-refractivity contribution in [3.63, 3.8) is 0 Å². The minimum atomic E-state index is -3.39. The van der Waals surface area contributed by atoms with Crippen molar-refractivity contribution in [2.45, 2.75) is 31.2 Å². The van der Waals surface area contributed by atoms with Crippen LogP contribution in [0.5, 0.6) is 0 Å². The van der Waals surface area contributed by atoms with E-state index in [1.54, 1.807) is 10.6 Å². The topological polar surface area (TPSA) is 94.8 Å². The molecule has 0 aliphatic rings. The Morgan fingerprint density at radius 2 is 1.77 bits per heavy atom. The van der Waals surface area contributed by atoms with Crippen LogP contribution in [-0.4, -0.2) is 38.2 Å². The second kappa shape index (κ2) is 8.93. The van der Waals surface area contributed by atoms with Crippen LogP contribution in [0.2, 0.25) is 0 Å². The molecule has 0 aliphatic carbocycles. The van der Waals surface area contributed by atoms with Gasteiger partial charge in [0.05, 0.1) is 28.6 Å². The molecule has 3 rings (SSSR count). The van der Waals surface area contributed by atoms with Crippen LogP contribution in [0, 0.1) is 0 Å². The Balaban J connectivity index is 2.03. The third-order valence-corrected chi connectivity index (χ3v) is 6.76. The molecule has 7 nitrogen and oxygen atoms in total. The normalized spacial score (nSPS) is 12.3. The molecule has 2 aromatic carbocycles. The van der Waals surface area contributed by atoms with Crippen molar-refractivity contribution in [1.82, 2.24) is 4.57 Å². The number of carbonyl (C=O) groups is 2. The molecule has 9 heteroatoms. The highest BCUT2D eigenvalue weighted by Gasteiger charge is 2.15. The summed E-state index contributed by atoms with van der Waals surface area (Å²) in [5.74, 6) is -0.848. The number of ether oxygens (including phenoxy) is 1. The van der Waals surface area contributed by atoms with Crippen molar-refractivity contribution in [2.24, 2.45) is 4.99 Å². The van der Waals surface area contributed by atoms with E-state index in [0.717, 1.165) is 29.6 Å². The molecule has 1 amide bonds. The number of nitrogens with zero attached hydrogens (tertiary/aromatic N) is 2. The molecule has 1 heterocycles. The molecule has 30 heavy (non-hydrogen) atoms. The molecule has 0 unspecified atom stereocenters. The molecule has 1 aromatic heterocycles. The largest absolute Gasteiger partial charge is 0.468 e. The number of sulfone groups is 1. The molecule has 0 spiro atoms. The van der Waals surface area contributed by atoms with Crippen molar-refractivity contribution in [1.29, 1.82) is 0 Å². The predicted octanol–water partition coefficient (Wildman–Crippen LogP) is 2.51. The first-order valence-corrected chi connectivity index (χ1v) is 12.0. The van der Waals surface area contributed by atoms with Gasteiger partial charge in [0.25, 0.3) is 5.91 Å². The highest BCUT2D eigenvalue weighted by molar-refractivity contribution is 7.90. The van der Waals surface area contributed by atoms with Gasteiger partial charge >= 0.3 is 5.97 Å². The van der Waals surface area contributed by atoms with E-state index >= 15 is 0 Å². The van der Waals surface area contributed by atoms with E-state index in [-0.39, 0.29) is 23.8 Å². The first-order chi connectivity index (χ1) is 14.2. The summed E-state index contributed by atoms with van der Waals surface area (Å²) >= 11 is 1.15. The lowest BCUT2D eigenvalue weighted by molar-refractivity contribution is -0.141. The van der Waals surface area contributed by atoms with Crippen LogP contribution < -0.4 is 4.80 Å². The first-order valence-electron chi connectivity index (χ1n) is 9.27. The Kier molecular flexibility index (Phi) is 6.52. The Morgan fingerprint density at radius 3 is 2.37 bits per heavy atom. The van der Waals surface area contributed by atoms with E-state index < -0.39 is 15.8 Å². The minimum Gasteiger partial charge on any atom is -0.468 e. The third kappa shape index (κ3) is 5.03. The maximum atomic E-state index is 12.6. The summed E-state index contributed by atoms with van der Waals surface area (Å²) in [5, 5.41) is 0. The molecule has 0 aliphatic heterocycles. The predicted molar refractivity (Wildman–Crippen MR) is 115 cm³/mol. The van der Waals surface area contributed by atoms with Crippen molar-refractivity contribution in [3.05, 3.63) is 58.4 Å². The average molecular weight is 447 g/mol. The van der Waals surface area contributed by atoms with Crippen LogP contribution in [0.25, 0.3) is 10.2 Å². The second-order valence-electron chi connectivity index (χ2n) is 6.80. The molecule has 0 saturated heterocycles. The lowest BCUT2D eigenvalue weighted by atomic mass is 10.1. The number of aryl methyl sites for hydroxylation is 1. The molecule has 0 atom stereocenters. The van der Waals surface area contributed by atoms with Crippen LogP contribution in [0.1, 0.15) is 18.1 Å². The zero-order chi connectivity index (χ0) is 21.9. The number of hydrogen-bond acceptors (Lipinski definition) is 6. The van der Waals surface area contributed by atoms with Gasteiger partial charge in [-0.25, -0.2) is 8.42 Å². The monoisotopic (exact) mass is 446 g/mol. The van der Waals surface area contributed by atoms with Crippen LogP contribution in [0.3, 0.4) is 0 Å². The van der Waals surface area contributed by atoms with E-state index in [1.165, 1.54) is 24.8 Å². The highest BCUT2D eigenvalue weighted by atomic mass is 32.2. The quantitative estimate of drug-likeness (QED) is 0.542. The van der Waals surface area contributed by atoms with Gasteiger partial charge in [0.1, 0.15) is 6.54 Å².